The van der Waals surface area contributed by atoms with Crippen molar-refractivity contribution >= 4 is 21.5 Å². The lowest BCUT2D eigenvalue weighted by molar-refractivity contribution is 0.0313. The number of ether oxygens (including phenoxy) is 1. The molecule has 0 spiro atoms. The van der Waals surface area contributed by atoms with Crippen molar-refractivity contribution in [3.05, 3.63) is 29.8 Å². The minimum absolute atomic E-state index is 0.0540. The minimum Gasteiger partial charge on any atom is -0.379 e. The molecule has 0 atom stereocenters. The van der Waals surface area contributed by atoms with Crippen LogP contribution in [-0.2, 0) is 14.8 Å². The SMILES string of the molecule is CS(=O)(=O)Nc1ccc(C(=O)C2CCN(CCN3CCOCC3)CC2)cc1. The maximum absolute atomic E-state index is 12.7. The highest BCUT2D eigenvalue weighted by Gasteiger charge is 2.26. The molecule has 1 aromatic rings. The molecule has 2 aliphatic heterocycles. The molecule has 0 amide bonds. The van der Waals surface area contributed by atoms with Crippen LogP contribution in [0.1, 0.15) is 23.2 Å². The van der Waals surface area contributed by atoms with Gasteiger partial charge in [0.25, 0.3) is 0 Å². The predicted octanol–water partition coefficient (Wildman–Crippen LogP) is 1.29. The van der Waals surface area contributed by atoms with Crippen molar-refractivity contribution in [2.45, 2.75) is 12.8 Å². The van der Waals surface area contributed by atoms with Gasteiger partial charge in [0.1, 0.15) is 0 Å². The number of carbonyl (C=O) groups is 1. The fraction of sp³-hybridized carbons (Fsp3) is 0.632. The molecule has 1 aromatic carbocycles. The molecule has 0 aromatic heterocycles. The van der Waals surface area contributed by atoms with E-state index in [4.69, 9.17) is 4.74 Å². The average molecular weight is 396 g/mol. The summed E-state index contributed by atoms with van der Waals surface area (Å²) in [6, 6.07) is 6.71. The first-order valence-electron chi connectivity index (χ1n) is 9.55. The number of carbonyl (C=O) groups excluding carboxylic acids is 1. The maximum Gasteiger partial charge on any atom is 0.229 e. The molecule has 150 valence electrons. The molecule has 1 N–H and O–H groups in total. The first-order valence-corrected chi connectivity index (χ1v) is 11.4. The van der Waals surface area contributed by atoms with E-state index < -0.39 is 10.0 Å². The molecule has 2 saturated heterocycles. The molecular formula is C19H29N3O4S. The number of benzene rings is 1. The van der Waals surface area contributed by atoms with Gasteiger partial charge in [-0.15, -0.1) is 0 Å². The fourth-order valence-electron chi connectivity index (χ4n) is 3.68. The third kappa shape index (κ3) is 6.27. The number of likely N-dealkylation sites (tertiary alicyclic amines) is 1. The quantitative estimate of drug-likeness (QED) is 0.701. The molecule has 0 unspecified atom stereocenters. The Morgan fingerprint density at radius 1 is 1.04 bits per heavy atom. The van der Waals surface area contributed by atoms with Crippen LogP contribution < -0.4 is 4.72 Å². The number of anilines is 1. The number of nitrogens with zero attached hydrogens (tertiary/aromatic N) is 2. The van der Waals surface area contributed by atoms with E-state index in [9.17, 15) is 13.2 Å². The molecule has 2 heterocycles. The van der Waals surface area contributed by atoms with Crippen molar-refractivity contribution in [3.63, 3.8) is 0 Å². The van der Waals surface area contributed by atoms with E-state index in [0.29, 0.717) is 11.3 Å². The molecule has 3 rings (SSSR count). The Labute approximate surface area is 161 Å². The van der Waals surface area contributed by atoms with Gasteiger partial charge in [0, 0.05) is 43.3 Å². The lowest BCUT2D eigenvalue weighted by atomic mass is 9.89. The highest BCUT2D eigenvalue weighted by atomic mass is 32.2. The predicted molar refractivity (Wildman–Crippen MR) is 106 cm³/mol. The first kappa shape index (κ1) is 20.3. The Balaban J connectivity index is 1.45. The topological polar surface area (TPSA) is 79.0 Å². The van der Waals surface area contributed by atoms with Gasteiger partial charge in [-0.2, -0.15) is 0 Å². The summed E-state index contributed by atoms with van der Waals surface area (Å²) in [7, 11) is -3.30. The van der Waals surface area contributed by atoms with Gasteiger partial charge >= 0.3 is 0 Å². The number of rotatable bonds is 7. The van der Waals surface area contributed by atoms with Crippen LogP contribution in [0.5, 0.6) is 0 Å². The van der Waals surface area contributed by atoms with E-state index in [1.54, 1.807) is 24.3 Å². The second kappa shape index (κ2) is 9.14. The molecule has 2 aliphatic rings. The van der Waals surface area contributed by atoms with Gasteiger partial charge in [-0.3, -0.25) is 14.4 Å². The van der Waals surface area contributed by atoms with Crippen molar-refractivity contribution in [2.75, 3.05) is 63.5 Å². The Hall–Kier alpha value is -1.48. The summed E-state index contributed by atoms with van der Waals surface area (Å²) in [5, 5.41) is 0. The lowest BCUT2D eigenvalue weighted by Gasteiger charge is -2.34. The van der Waals surface area contributed by atoms with Gasteiger partial charge in [0.2, 0.25) is 10.0 Å². The highest BCUT2D eigenvalue weighted by molar-refractivity contribution is 7.92. The molecule has 8 heteroatoms. The standard InChI is InChI=1S/C19H29N3O4S/c1-27(24,25)20-18-4-2-16(3-5-18)19(23)17-6-8-21(9-7-17)10-11-22-12-14-26-15-13-22/h2-5,17,20H,6-15H2,1H3. The summed E-state index contributed by atoms with van der Waals surface area (Å²) in [5.74, 6) is 0.215. The normalized spacial score (nSPS) is 20.5. The van der Waals surface area contributed by atoms with E-state index in [-0.39, 0.29) is 11.7 Å². The Kier molecular flexibility index (Phi) is 6.86. The smallest absolute Gasteiger partial charge is 0.229 e. The zero-order valence-corrected chi connectivity index (χ0v) is 16.7. The number of piperidine rings is 1. The summed E-state index contributed by atoms with van der Waals surface area (Å²) in [6.07, 6.45) is 2.87. The van der Waals surface area contributed by atoms with Crippen LogP contribution >= 0.6 is 0 Å². The van der Waals surface area contributed by atoms with Crippen molar-refractivity contribution in [1.29, 1.82) is 0 Å². The van der Waals surface area contributed by atoms with Gasteiger partial charge in [-0.1, -0.05) is 0 Å². The van der Waals surface area contributed by atoms with Crippen molar-refractivity contribution in [3.8, 4) is 0 Å². The maximum atomic E-state index is 12.7. The molecule has 0 saturated carbocycles. The fourth-order valence-corrected chi connectivity index (χ4v) is 4.24. The van der Waals surface area contributed by atoms with Gasteiger partial charge in [0.05, 0.1) is 19.5 Å². The van der Waals surface area contributed by atoms with Crippen LogP contribution in [-0.4, -0.2) is 82.7 Å². The van der Waals surface area contributed by atoms with Crippen LogP contribution in [0, 0.1) is 5.92 Å². The summed E-state index contributed by atoms with van der Waals surface area (Å²) in [4.78, 5) is 17.6. The Morgan fingerprint density at radius 2 is 1.59 bits per heavy atom. The van der Waals surface area contributed by atoms with Gasteiger partial charge in [0.15, 0.2) is 5.78 Å². The second-order valence-corrected chi connectivity index (χ2v) is 9.13. The van der Waals surface area contributed by atoms with E-state index in [2.05, 4.69) is 14.5 Å². The summed E-state index contributed by atoms with van der Waals surface area (Å²) in [5.41, 5.74) is 1.13. The zero-order chi connectivity index (χ0) is 19.3. The van der Waals surface area contributed by atoms with Crippen LogP contribution in [0.25, 0.3) is 0 Å². The largest absolute Gasteiger partial charge is 0.379 e. The minimum atomic E-state index is -3.30. The summed E-state index contributed by atoms with van der Waals surface area (Å²) < 4.78 is 30.3. The number of Topliss-reactive ketones (excluding diaryl/α,β-unsaturated/α-hetero) is 1. The Bertz CT molecular complexity index is 722. The zero-order valence-electron chi connectivity index (χ0n) is 15.9. The van der Waals surface area contributed by atoms with E-state index >= 15 is 0 Å². The monoisotopic (exact) mass is 395 g/mol. The molecule has 2 fully saturated rings. The third-order valence-corrected chi connectivity index (χ3v) is 5.87. The van der Waals surface area contributed by atoms with E-state index in [0.717, 1.165) is 71.6 Å². The van der Waals surface area contributed by atoms with Crippen LogP contribution in [0.4, 0.5) is 5.69 Å². The number of nitrogens with one attached hydrogen (secondary N) is 1. The van der Waals surface area contributed by atoms with Crippen LogP contribution in [0.15, 0.2) is 24.3 Å². The number of hydrogen-bond acceptors (Lipinski definition) is 6. The third-order valence-electron chi connectivity index (χ3n) is 5.27. The van der Waals surface area contributed by atoms with Crippen LogP contribution in [0.3, 0.4) is 0 Å². The van der Waals surface area contributed by atoms with E-state index in [1.807, 2.05) is 0 Å². The molecule has 0 radical (unpaired) electrons. The Morgan fingerprint density at radius 3 is 2.15 bits per heavy atom. The molecule has 0 bridgehead atoms. The number of sulfonamides is 1. The highest BCUT2D eigenvalue weighted by Crippen LogP contribution is 2.23. The molecule has 7 nitrogen and oxygen atoms in total. The van der Waals surface area contributed by atoms with Crippen molar-refractivity contribution in [1.82, 2.24) is 9.80 Å². The van der Waals surface area contributed by atoms with Crippen molar-refractivity contribution in [2.24, 2.45) is 5.92 Å². The van der Waals surface area contributed by atoms with Gasteiger partial charge in [-0.25, -0.2) is 8.42 Å². The number of ketones is 1. The molecular weight excluding hydrogens is 366 g/mol. The first-order chi connectivity index (χ1) is 12.9. The van der Waals surface area contributed by atoms with E-state index in [1.165, 1.54) is 0 Å². The lowest BCUT2D eigenvalue weighted by Crippen LogP contribution is -2.44. The molecule has 27 heavy (non-hydrogen) atoms. The van der Waals surface area contributed by atoms with Gasteiger partial charge < -0.3 is 9.64 Å². The number of hydrogen-bond donors (Lipinski definition) is 1. The van der Waals surface area contributed by atoms with Crippen molar-refractivity contribution < 1.29 is 17.9 Å². The average Bonchev–Trinajstić information content (AvgIpc) is 2.66. The second-order valence-electron chi connectivity index (χ2n) is 7.39. The summed E-state index contributed by atoms with van der Waals surface area (Å²) >= 11 is 0. The van der Waals surface area contributed by atoms with Gasteiger partial charge in [-0.05, 0) is 50.2 Å². The molecule has 0 aliphatic carbocycles. The van der Waals surface area contributed by atoms with Crippen LogP contribution in [0.2, 0.25) is 0 Å². The summed E-state index contributed by atoms with van der Waals surface area (Å²) in [6.45, 7) is 7.70. The number of morpholine rings is 1.